The molecule has 5 nitrogen and oxygen atoms in total. The summed E-state index contributed by atoms with van der Waals surface area (Å²) in [4.78, 5) is 10.6. The lowest BCUT2D eigenvalue weighted by atomic mass is 10.1. The van der Waals surface area contributed by atoms with E-state index in [1.54, 1.807) is 0 Å². The molecule has 0 aromatic carbocycles. The fourth-order valence-corrected chi connectivity index (χ4v) is 0.486. The Hall–Kier alpha value is -0.910. The first-order valence-electron chi connectivity index (χ1n) is 3.42. The van der Waals surface area contributed by atoms with E-state index in [2.05, 4.69) is 11.9 Å². The van der Waals surface area contributed by atoms with E-state index in [0.29, 0.717) is 0 Å². The van der Waals surface area contributed by atoms with Crippen molar-refractivity contribution < 1.29 is 20.1 Å². The minimum absolute atomic E-state index is 0.204. The Morgan fingerprint density at radius 3 is 2.33 bits per heavy atom. The van der Waals surface area contributed by atoms with Crippen LogP contribution in [0.4, 0.5) is 0 Å². The average Bonchev–Trinajstić information content (AvgIpc) is 2.13. The van der Waals surface area contributed by atoms with Gasteiger partial charge in [0.15, 0.2) is 0 Å². The summed E-state index contributed by atoms with van der Waals surface area (Å²) in [5.41, 5.74) is -1.65. The summed E-state index contributed by atoms with van der Waals surface area (Å²) in [7, 11) is 0. The zero-order chi connectivity index (χ0) is 9.61. The van der Waals surface area contributed by atoms with Crippen LogP contribution >= 0.6 is 0 Å². The van der Waals surface area contributed by atoms with Gasteiger partial charge in [-0.05, 0) is 6.08 Å². The monoisotopic (exact) mass is 175 g/mol. The van der Waals surface area contributed by atoms with Gasteiger partial charge in [0.1, 0.15) is 5.60 Å². The molecule has 70 valence electrons. The first-order valence-corrected chi connectivity index (χ1v) is 3.42. The molecule has 0 aliphatic rings. The Kier molecular flexibility index (Phi) is 4.50. The van der Waals surface area contributed by atoms with E-state index in [1.807, 2.05) is 0 Å². The maximum atomic E-state index is 10.6. The van der Waals surface area contributed by atoms with Crippen molar-refractivity contribution in [1.29, 1.82) is 0 Å². The fraction of sp³-hybridized carbons (Fsp3) is 0.571. The first kappa shape index (κ1) is 11.1. The van der Waals surface area contributed by atoms with Crippen molar-refractivity contribution in [3.63, 3.8) is 0 Å². The fourth-order valence-electron chi connectivity index (χ4n) is 0.486. The number of hydrogen-bond donors (Lipinski definition) is 4. The molecule has 4 N–H and O–H groups in total. The predicted octanol–water partition coefficient (Wildman–Crippen LogP) is -2.00. The highest BCUT2D eigenvalue weighted by Crippen LogP contribution is 1.98. The molecule has 0 aromatic heterocycles. The van der Waals surface area contributed by atoms with Gasteiger partial charge in [-0.25, -0.2) is 0 Å². The largest absolute Gasteiger partial charge is 0.393 e. The van der Waals surface area contributed by atoms with Crippen LogP contribution in [0.3, 0.4) is 0 Å². The number of rotatable bonds is 5. The lowest BCUT2D eigenvalue weighted by Crippen LogP contribution is -2.48. The molecule has 0 aliphatic heterocycles. The van der Waals surface area contributed by atoms with Crippen LogP contribution in [-0.4, -0.2) is 46.6 Å². The zero-order valence-electron chi connectivity index (χ0n) is 6.66. The van der Waals surface area contributed by atoms with Crippen LogP contribution in [0.1, 0.15) is 0 Å². The molecule has 0 radical (unpaired) electrons. The normalized spacial score (nSPS) is 10.9. The Balaban J connectivity index is 3.88. The molecule has 1 amide bonds. The third-order valence-corrected chi connectivity index (χ3v) is 1.37. The minimum Gasteiger partial charge on any atom is -0.393 e. The van der Waals surface area contributed by atoms with Crippen LogP contribution in [-0.2, 0) is 4.79 Å². The Morgan fingerprint density at radius 1 is 1.50 bits per heavy atom. The van der Waals surface area contributed by atoms with Gasteiger partial charge < -0.3 is 20.6 Å². The molecule has 5 heteroatoms. The molecular weight excluding hydrogens is 162 g/mol. The van der Waals surface area contributed by atoms with Gasteiger partial charge in [-0.3, -0.25) is 4.79 Å². The van der Waals surface area contributed by atoms with Crippen molar-refractivity contribution in [2.45, 2.75) is 5.60 Å². The first-order chi connectivity index (χ1) is 5.58. The van der Waals surface area contributed by atoms with Crippen LogP contribution in [0.2, 0.25) is 0 Å². The van der Waals surface area contributed by atoms with Crippen molar-refractivity contribution in [2.24, 2.45) is 0 Å². The molecule has 0 heterocycles. The maximum Gasteiger partial charge on any atom is 0.243 e. The van der Waals surface area contributed by atoms with Crippen molar-refractivity contribution in [3.8, 4) is 0 Å². The summed E-state index contributed by atoms with van der Waals surface area (Å²) < 4.78 is 0. The predicted molar refractivity (Wildman–Crippen MR) is 42.3 cm³/mol. The van der Waals surface area contributed by atoms with Crippen molar-refractivity contribution in [2.75, 3.05) is 19.8 Å². The molecule has 0 fully saturated rings. The van der Waals surface area contributed by atoms with E-state index < -0.39 is 24.7 Å². The smallest absolute Gasteiger partial charge is 0.243 e. The van der Waals surface area contributed by atoms with Gasteiger partial charge in [-0.15, -0.1) is 0 Å². The van der Waals surface area contributed by atoms with Crippen LogP contribution < -0.4 is 5.32 Å². The van der Waals surface area contributed by atoms with Crippen LogP contribution in [0, 0.1) is 0 Å². The van der Waals surface area contributed by atoms with Gasteiger partial charge in [0, 0.05) is 0 Å². The summed E-state index contributed by atoms with van der Waals surface area (Å²) in [6, 6.07) is 0. The summed E-state index contributed by atoms with van der Waals surface area (Å²) in [5.74, 6) is -0.463. The highest BCUT2D eigenvalue weighted by molar-refractivity contribution is 5.86. The molecule has 0 unspecified atom stereocenters. The number of amides is 1. The molecular formula is C7H13NO4. The molecule has 0 spiro atoms. The number of aliphatic hydroxyl groups excluding tert-OH is 2. The second-order valence-corrected chi connectivity index (χ2v) is 2.46. The summed E-state index contributed by atoms with van der Waals surface area (Å²) in [6.45, 7) is 1.77. The summed E-state index contributed by atoms with van der Waals surface area (Å²) in [5, 5.41) is 28.6. The van der Waals surface area contributed by atoms with Gasteiger partial charge in [-0.2, -0.15) is 0 Å². The Labute approximate surface area is 70.3 Å². The third kappa shape index (κ3) is 3.47. The summed E-state index contributed by atoms with van der Waals surface area (Å²) in [6.07, 6.45) is 1.04. The summed E-state index contributed by atoms with van der Waals surface area (Å²) >= 11 is 0. The lowest BCUT2D eigenvalue weighted by molar-refractivity contribution is -0.119. The molecule has 0 bridgehead atoms. The van der Waals surface area contributed by atoms with Gasteiger partial charge >= 0.3 is 0 Å². The van der Waals surface area contributed by atoms with Gasteiger partial charge in [0.25, 0.3) is 0 Å². The number of aliphatic hydroxyl groups is 3. The van der Waals surface area contributed by atoms with Gasteiger partial charge in [-0.1, -0.05) is 6.58 Å². The molecule has 0 rings (SSSR count). The number of nitrogens with one attached hydrogen (secondary N) is 1. The van der Waals surface area contributed by atoms with E-state index in [4.69, 9.17) is 10.2 Å². The lowest BCUT2D eigenvalue weighted by Gasteiger charge is -2.22. The number of hydrogen-bond acceptors (Lipinski definition) is 4. The molecule has 0 saturated heterocycles. The second kappa shape index (κ2) is 4.87. The Bertz CT molecular complexity index is 165. The molecule has 0 aromatic rings. The SMILES string of the molecule is C=CC(=O)NCC(O)(CO)CO. The van der Waals surface area contributed by atoms with Crippen molar-refractivity contribution in [3.05, 3.63) is 12.7 Å². The van der Waals surface area contributed by atoms with Crippen LogP contribution in [0.25, 0.3) is 0 Å². The average molecular weight is 175 g/mol. The van der Waals surface area contributed by atoms with Crippen molar-refractivity contribution >= 4 is 5.91 Å². The van der Waals surface area contributed by atoms with Crippen LogP contribution in [0.15, 0.2) is 12.7 Å². The second-order valence-electron chi connectivity index (χ2n) is 2.46. The molecule has 0 saturated carbocycles. The molecule has 0 aliphatic carbocycles. The van der Waals surface area contributed by atoms with E-state index in [1.165, 1.54) is 0 Å². The van der Waals surface area contributed by atoms with E-state index in [0.717, 1.165) is 6.08 Å². The molecule has 12 heavy (non-hydrogen) atoms. The topological polar surface area (TPSA) is 89.8 Å². The highest BCUT2D eigenvalue weighted by atomic mass is 16.4. The highest BCUT2D eigenvalue weighted by Gasteiger charge is 2.24. The minimum atomic E-state index is -1.65. The molecule has 0 atom stereocenters. The quantitative estimate of drug-likeness (QED) is 0.364. The van der Waals surface area contributed by atoms with Gasteiger partial charge in [0.05, 0.1) is 19.8 Å². The maximum absolute atomic E-state index is 10.6. The number of carbonyl (C=O) groups excluding carboxylic acids is 1. The third-order valence-electron chi connectivity index (χ3n) is 1.37. The number of carbonyl (C=O) groups is 1. The van der Waals surface area contributed by atoms with Gasteiger partial charge in [0.2, 0.25) is 5.91 Å². The van der Waals surface area contributed by atoms with Crippen molar-refractivity contribution in [1.82, 2.24) is 5.32 Å². The Morgan fingerprint density at radius 2 is 2.00 bits per heavy atom. The van der Waals surface area contributed by atoms with Crippen LogP contribution in [0.5, 0.6) is 0 Å². The standard InChI is InChI=1S/C7H13NO4/c1-2-6(11)8-3-7(12,4-9)5-10/h2,9-10,12H,1,3-5H2,(H,8,11). The zero-order valence-corrected chi connectivity index (χ0v) is 6.66. The van der Waals surface area contributed by atoms with E-state index in [-0.39, 0.29) is 6.54 Å². The van der Waals surface area contributed by atoms with E-state index in [9.17, 15) is 9.90 Å². The van der Waals surface area contributed by atoms with E-state index >= 15 is 0 Å².